The zero-order valence-electron chi connectivity index (χ0n) is 8.76. The molecule has 1 aliphatic heterocycles. The van der Waals surface area contributed by atoms with Gasteiger partial charge in [0.05, 0.1) is 0 Å². The third-order valence-electron chi connectivity index (χ3n) is 3.21. The van der Waals surface area contributed by atoms with Crippen LogP contribution in [0.2, 0.25) is 5.02 Å². The summed E-state index contributed by atoms with van der Waals surface area (Å²) in [5, 5.41) is 0.935. The van der Waals surface area contributed by atoms with Crippen LogP contribution in [0.5, 0.6) is 0 Å². The Labute approximate surface area is 90.7 Å². The van der Waals surface area contributed by atoms with E-state index in [2.05, 4.69) is 30.9 Å². The molecule has 0 spiro atoms. The number of hydrogen-bond acceptors (Lipinski definition) is 1. The van der Waals surface area contributed by atoms with E-state index >= 15 is 0 Å². The molecule has 2 heteroatoms. The van der Waals surface area contributed by atoms with Crippen molar-refractivity contribution in [3.63, 3.8) is 0 Å². The zero-order valence-corrected chi connectivity index (χ0v) is 9.51. The summed E-state index contributed by atoms with van der Waals surface area (Å²) in [7, 11) is 0. The minimum atomic E-state index is 0.516. The molecule has 0 aliphatic carbocycles. The van der Waals surface area contributed by atoms with Crippen LogP contribution in [0.1, 0.15) is 31.0 Å². The molecule has 0 amide bonds. The fraction of sp³-hybridized carbons (Fsp3) is 0.500. The van der Waals surface area contributed by atoms with Crippen LogP contribution in [0.15, 0.2) is 18.2 Å². The highest BCUT2D eigenvalue weighted by atomic mass is 35.5. The second-order valence-corrected chi connectivity index (χ2v) is 4.27. The highest BCUT2D eigenvalue weighted by Gasteiger charge is 2.23. The van der Waals surface area contributed by atoms with E-state index in [1.165, 1.54) is 11.1 Å². The molecule has 0 fully saturated rings. The number of fused-ring (bicyclic) bond motifs is 1. The average Bonchev–Trinajstić information content (AvgIpc) is 2.20. The molecule has 2 rings (SSSR count). The van der Waals surface area contributed by atoms with Crippen molar-refractivity contribution in [3.8, 4) is 0 Å². The van der Waals surface area contributed by atoms with E-state index in [-0.39, 0.29) is 0 Å². The summed E-state index contributed by atoms with van der Waals surface area (Å²) in [5.74, 6) is 0. The molecular weight excluding hydrogens is 194 g/mol. The van der Waals surface area contributed by atoms with Crippen LogP contribution in [0.25, 0.3) is 0 Å². The van der Waals surface area contributed by atoms with Crippen LogP contribution in [-0.2, 0) is 6.42 Å². The Kier molecular flexibility index (Phi) is 2.80. The fourth-order valence-electron chi connectivity index (χ4n) is 2.31. The second kappa shape index (κ2) is 3.92. The highest BCUT2D eigenvalue weighted by molar-refractivity contribution is 6.31. The van der Waals surface area contributed by atoms with Crippen LogP contribution in [0, 0.1) is 0 Å². The maximum atomic E-state index is 6.18. The molecule has 1 aliphatic rings. The first kappa shape index (κ1) is 10.0. The molecule has 1 aromatic carbocycles. The van der Waals surface area contributed by atoms with Crippen LogP contribution < -0.4 is 0 Å². The lowest BCUT2D eigenvalue weighted by atomic mass is 9.93. The van der Waals surface area contributed by atoms with Gasteiger partial charge in [-0.1, -0.05) is 30.7 Å². The van der Waals surface area contributed by atoms with E-state index in [1.807, 2.05) is 6.07 Å². The second-order valence-electron chi connectivity index (χ2n) is 3.86. The zero-order chi connectivity index (χ0) is 10.1. The Balaban J connectivity index is 2.41. The maximum Gasteiger partial charge on any atom is 0.0441 e. The SMILES string of the molecule is CCN1CCc2c(Cl)cccc2[C@@H]1C. The molecule has 14 heavy (non-hydrogen) atoms. The summed E-state index contributed by atoms with van der Waals surface area (Å²) in [5.41, 5.74) is 2.76. The maximum absolute atomic E-state index is 6.18. The van der Waals surface area contributed by atoms with Gasteiger partial charge in [0.15, 0.2) is 0 Å². The lowest BCUT2D eigenvalue weighted by Gasteiger charge is -2.34. The van der Waals surface area contributed by atoms with E-state index in [1.54, 1.807) is 0 Å². The first-order chi connectivity index (χ1) is 6.74. The molecule has 1 aromatic rings. The van der Waals surface area contributed by atoms with Gasteiger partial charge in [0.25, 0.3) is 0 Å². The van der Waals surface area contributed by atoms with Crippen molar-refractivity contribution in [1.29, 1.82) is 0 Å². The number of likely N-dealkylation sites (N-methyl/N-ethyl adjacent to an activating group) is 1. The van der Waals surface area contributed by atoms with Gasteiger partial charge < -0.3 is 0 Å². The number of hydrogen-bond donors (Lipinski definition) is 0. The third kappa shape index (κ3) is 1.55. The van der Waals surface area contributed by atoms with Crippen molar-refractivity contribution < 1.29 is 0 Å². The summed E-state index contributed by atoms with van der Waals surface area (Å²) in [6.45, 7) is 6.73. The summed E-state index contributed by atoms with van der Waals surface area (Å²) >= 11 is 6.18. The van der Waals surface area contributed by atoms with Crippen molar-refractivity contribution in [2.45, 2.75) is 26.3 Å². The van der Waals surface area contributed by atoms with Crippen LogP contribution in [0.4, 0.5) is 0 Å². The molecule has 0 saturated carbocycles. The van der Waals surface area contributed by atoms with Crippen molar-refractivity contribution >= 4 is 11.6 Å². The van der Waals surface area contributed by atoms with Gasteiger partial charge in [0.2, 0.25) is 0 Å². The Morgan fingerprint density at radius 2 is 2.29 bits per heavy atom. The summed E-state index contributed by atoms with van der Waals surface area (Å²) in [4.78, 5) is 2.48. The number of benzene rings is 1. The third-order valence-corrected chi connectivity index (χ3v) is 3.56. The molecule has 1 nitrogen and oxygen atoms in total. The van der Waals surface area contributed by atoms with E-state index in [0.717, 1.165) is 24.5 Å². The van der Waals surface area contributed by atoms with E-state index < -0.39 is 0 Å². The molecule has 0 saturated heterocycles. The van der Waals surface area contributed by atoms with E-state index in [9.17, 15) is 0 Å². The largest absolute Gasteiger partial charge is 0.297 e. The Morgan fingerprint density at radius 1 is 1.50 bits per heavy atom. The molecule has 1 atom stereocenters. The van der Waals surface area contributed by atoms with Crippen molar-refractivity contribution in [1.82, 2.24) is 4.90 Å². The molecular formula is C12H16ClN. The Hall–Kier alpha value is -0.530. The van der Waals surface area contributed by atoms with Gasteiger partial charge in [0.1, 0.15) is 0 Å². The average molecular weight is 210 g/mol. The predicted molar refractivity (Wildman–Crippen MR) is 60.8 cm³/mol. The van der Waals surface area contributed by atoms with Crippen LogP contribution in [-0.4, -0.2) is 18.0 Å². The van der Waals surface area contributed by atoms with E-state index in [4.69, 9.17) is 11.6 Å². The Morgan fingerprint density at radius 3 is 3.00 bits per heavy atom. The van der Waals surface area contributed by atoms with Gasteiger partial charge in [-0.15, -0.1) is 0 Å². The molecule has 0 bridgehead atoms. The van der Waals surface area contributed by atoms with Gasteiger partial charge in [0, 0.05) is 17.6 Å². The Bertz CT molecular complexity index is 335. The van der Waals surface area contributed by atoms with Crippen LogP contribution in [0.3, 0.4) is 0 Å². The lowest BCUT2D eigenvalue weighted by molar-refractivity contribution is 0.210. The summed E-state index contributed by atoms with van der Waals surface area (Å²) in [6.07, 6.45) is 1.09. The quantitative estimate of drug-likeness (QED) is 0.686. The minimum Gasteiger partial charge on any atom is -0.297 e. The van der Waals surface area contributed by atoms with Crippen molar-refractivity contribution in [2.75, 3.05) is 13.1 Å². The normalized spacial score (nSPS) is 22.1. The highest BCUT2D eigenvalue weighted by Crippen LogP contribution is 2.32. The van der Waals surface area contributed by atoms with Gasteiger partial charge in [-0.2, -0.15) is 0 Å². The first-order valence-electron chi connectivity index (χ1n) is 5.25. The summed E-state index contributed by atoms with van der Waals surface area (Å²) < 4.78 is 0. The van der Waals surface area contributed by atoms with Gasteiger partial charge in [-0.05, 0) is 37.1 Å². The molecule has 1 heterocycles. The van der Waals surface area contributed by atoms with Crippen molar-refractivity contribution in [3.05, 3.63) is 34.3 Å². The first-order valence-corrected chi connectivity index (χ1v) is 5.63. The number of rotatable bonds is 1. The van der Waals surface area contributed by atoms with Gasteiger partial charge in [-0.25, -0.2) is 0 Å². The predicted octanol–water partition coefficient (Wildman–Crippen LogP) is 3.28. The van der Waals surface area contributed by atoms with E-state index in [0.29, 0.717) is 6.04 Å². The monoisotopic (exact) mass is 209 g/mol. The molecule has 76 valence electrons. The smallest absolute Gasteiger partial charge is 0.0441 e. The lowest BCUT2D eigenvalue weighted by Crippen LogP contribution is -2.33. The molecule has 0 unspecified atom stereocenters. The fourth-order valence-corrected chi connectivity index (χ4v) is 2.58. The van der Waals surface area contributed by atoms with Gasteiger partial charge in [-0.3, -0.25) is 4.90 Å². The van der Waals surface area contributed by atoms with Crippen LogP contribution >= 0.6 is 11.6 Å². The summed E-state index contributed by atoms with van der Waals surface area (Å²) in [6, 6.07) is 6.77. The number of halogens is 1. The molecule has 0 aromatic heterocycles. The standard InChI is InChI=1S/C12H16ClN/c1-3-14-8-7-11-10(9(14)2)5-4-6-12(11)13/h4-6,9H,3,7-8H2,1-2H3/t9-/m0/s1. The number of nitrogens with zero attached hydrogens (tertiary/aromatic N) is 1. The molecule has 0 N–H and O–H groups in total. The minimum absolute atomic E-state index is 0.516. The topological polar surface area (TPSA) is 3.24 Å². The molecule has 0 radical (unpaired) electrons. The van der Waals surface area contributed by atoms with Crippen molar-refractivity contribution in [2.24, 2.45) is 0 Å². The van der Waals surface area contributed by atoms with Gasteiger partial charge >= 0.3 is 0 Å².